The number of β-amino-alcohol motifs (C(OH)–C–C–N with tert-alkyl or cyclic N) is 1. The van der Waals surface area contributed by atoms with Gasteiger partial charge >= 0.3 is 0 Å². The van der Waals surface area contributed by atoms with Gasteiger partial charge in [0.2, 0.25) is 0 Å². The van der Waals surface area contributed by atoms with Crippen LogP contribution in [0.5, 0.6) is 0 Å². The van der Waals surface area contributed by atoms with Gasteiger partial charge in [-0.05, 0) is 37.0 Å². The standard InChI is InChI=1S/C18H22FNO3/c1-2-17-15(4-3-9-23-17)18(22)20-11-14(21)10-16(20)12-5-7-13(19)8-6-12/h5-8,14,16,21H,2-4,9-11H2,1H3/t14-,16+/m0/s1. The molecule has 1 saturated heterocycles. The van der Waals surface area contributed by atoms with E-state index in [0.717, 1.165) is 23.3 Å². The predicted octanol–water partition coefficient (Wildman–Crippen LogP) is 2.93. The molecule has 5 heteroatoms. The van der Waals surface area contributed by atoms with Crippen molar-refractivity contribution in [1.29, 1.82) is 0 Å². The van der Waals surface area contributed by atoms with Gasteiger partial charge in [0.15, 0.2) is 0 Å². The summed E-state index contributed by atoms with van der Waals surface area (Å²) in [5.74, 6) is 0.398. The van der Waals surface area contributed by atoms with Gasteiger partial charge in [-0.2, -0.15) is 0 Å². The molecule has 0 saturated carbocycles. The molecule has 1 N–H and O–H groups in total. The number of hydrogen-bond acceptors (Lipinski definition) is 3. The maximum atomic E-state index is 13.1. The van der Waals surface area contributed by atoms with E-state index in [-0.39, 0.29) is 17.8 Å². The quantitative estimate of drug-likeness (QED) is 0.932. The first-order chi connectivity index (χ1) is 11.1. The molecule has 0 radical (unpaired) electrons. The van der Waals surface area contributed by atoms with Crippen LogP contribution in [0, 0.1) is 5.82 Å². The molecule has 0 aromatic heterocycles. The minimum atomic E-state index is -0.552. The van der Waals surface area contributed by atoms with Crippen molar-refractivity contribution in [3.63, 3.8) is 0 Å². The van der Waals surface area contributed by atoms with Crippen molar-refractivity contribution in [1.82, 2.24) is 4.90 Å². The Labute approximate surface area is 135 Å². The molecule has 2 aliphatic rings. The molecule has 2 atom stereocenters. The fraction of sp³-hybridized carbons (Fsp3) is 0.500. The number of amides is 1. The maximum Gasteiger partial charge on any atom is 0.253 e. The van der Waals surface area contributed by atoms with Crippen molar-refractivity contribution in [2.75, 3.05) is 13.2 Å². The minimum absolute atomic E-state index is 0.0626. The molecule has 124 valence electrons. The number of nitrogens with zero attached hydrogens (tertiary/aromatic N) is 1. The van der Waals surface area contributed by atoms with E-state index in [2.05, 4.69) is 0 Å². The van der Waals surface area contributed by atoms with Gasteiger partial charge in [-0.3, -0.25) is 4.79 Å². The summed E-state index contributed by atoms with van der Waals surface area (Å²) in [6.45, 7) is 2.94. The van der Waals surface area contributed by atoms with Gasteiger partial charge in [-0.25, -0.2) is 4.39 Å². The SMILES string of the molecule is CCC1=C(C(=O)N2C[C@@H](O)C[C@@H]2c2ccc(F)cc2)CCCO1. The summed E-state index contributed by atoms with van der Waals surface area (Å²) in [7, 11) is 0. The topological polar surface area (TPSA) is 49.8 Å². The molecule has 1 amide bonds. The largest absolute Gasteiger partial charge is 0.497 e. The number of rotatable bonds is 3. The summed E-state index contributed by atoms with van der Waals surface area (Å²) in [6, 6.07) is 5.94. The highest BCUT2D eigenvalue weighted by atomic mass is 19.1. The Morgan fingerprint density at radius 3 is 2.83 bits per heavy atom. The highest BCUT2D eigenvalue weighted by molar-refractivity contribution is 5.94. The summed E-state index contributed by atoms with van der Waals surface area (Å²) < 4.78 is 18.8. The summed E-state index contributed by atoms with van der Waals surface area (Å²) in [4.78, 5) is 14.7. The fourth-order valence-corrected chi connectivity index (χ4v) is 3.43. The van der Waals surface area contributed by atoms with Crippen LogP contribution >= 0.6 is 0 Å². The van der Waals surface area contributed by atoms with Crippen LogP contribution in [0.3, 0.4) is 0 Å². The Hall–Kier alpha value is -1.88. The third kappa shape index (κ3) is 3.24. The van der Waals surface area contributed by atoms with Gasteiger partial charge in [0.25, 0.3) is 5.91 Å². The number of hydrogen-bond donors (Lipinski definition) is 1. The van der Waals surface area contributed by atoms with Crippen LogP contribution in [0.2, 0.25) is 0 Å². The first-order valence-corrected chi connectivity index (χ1v) is 8.19. The van der Waals surface area contributed by atoms with Crippen LogP contribution < -0.4 is 0 Å². The highest BCUT2D eigenvalue weighted by Gasteiger charge is 2.37. The molecule has 4 nitrogen and oxygen atoms in total. The average Bonchev–Trinajstić information content (AvgIpc) is 2.96. The van der Waals surface area contributed by atoms with Crippen LogP contribution in [0.15, 0.2) is 35.6 Å². The van der Waals surface area contributed by atoms with E-state index in [4.69, 9.17) is 4.74 Å². The van der Waals surface area contributed by atoms with Crippen molar-refractivity contribution in [2.45, 2.75) is 44.8 Å². The molecule has 1 aromatic carbocycles. The molecule has 23 heavy (non-hydrogen) atoms. The molecule has 2 heterocycles. The molecular formula is C18H22FNO3. The molecule has 0 unspecified atom stereocenters. The Bertz CT molecular complexity index is 611. The Balaban J connectivity index is 1.88. The third-order valence-electron chi connectivity index (χ3n) is 4.56. The number of ether oxygens (including phenoxy) is 1. The van der Waals surface area contributed by atoms with Gasteiger partial charge in [-0.15, -0.1) is 0 Å². The van der Waals surface area contributed by atoms with Gasteiger partial charge in [0, 0.05) is 13.0 Å². The first-order valence-electron chi connectivity index (χ1n) is 8.19. The van der Waals surface area contributed by atoms with Gasteiger partial charge in [0.1, 0.15) is 11.6 Å². The van der Waals surface area contributed by atoms with Crippen LogP contribution in [-0.4, -0.2) is 35.2 Å². The number of benzene rings is 1. The first kappa shape index (κ1) is 16.0. The van der Waals surface area contributed by atoms with E-state index in [1.165, 1.54) is 12.1 Å². The van der Waals surface area contributed by atoms with E-state index in [1.807, 2.05) is 6.92 Å². The van der Waals surface area contributed by atoms with E-state index < -0.39 is 6.10 Å². The lowest BCUT2D eigenvalue weighted by Crippen LogP contribution is -2.34. The Kier molecular flexibility index (Phi) is 4.66. The second-order valence-corrected chi connectivity index (χ2v) is 6.12. The van der Waals surface area contributed by atoms with E-state index >= 15 is 0 Å². The molecular weight excluding hydrogens is 297 g/mol. The van der Waals surface area contributed by atoms with Crippen molar-refractivity contribution < 1.29 is 19.0 Å². The van der Waals surface area contributed by atoms with E-state index in [0.29, 0.717) is 32.4 Å². The zero-order valence-corrected chi connectivity index (χ0v) is 13.3. The Morgan fingerprint density at radius 2 is 2.13 bits per heavy atom. The van der Waals surface area contributed by atoms with Crippen molar-refractivity contribution >= 4 is 5.91 Å². The molecule has 3 rings (SSSR count). The molecule has 0 spiro atoms. The molecule has 1 aromatic rings. The number of halogens is 1. The monoisotopic (exact) mass is 319 g/mol. The van der Waals surface area contributed by atoms with E-state index in [9.17, 15) is 14.3 Å². The second kappa shape index (κ2) is 6.71. The molecule has 2 aliphatic heterocycles. The van der Waals surface area contributed by atoms with Crippen molar-refractivity contribution in [3.05, 3.63) is 47.0 Å². The summed E-state index contributed by atoms with van der Waals surface area (Å²) >= 11 is 0. The number of carbonyl (C=O) groups is 1. The highest BCUT2D eigenvalue weighted by Crippen LogP contribution is 2.35. The van der Waals surface area contributed by atoms with Crippen LogP contribution in [0.1, 0.15) is 44.2 Å². The molecule has 0 aliphatic carbocycles. The molecule has 0 bridgehead atoms. The van der Waals surface area contributed by atoms with Gasteiger partial charge in [-0.1, -0.05) is 19.1 Å². The number of carbonyl (C=O) groups excluding carboxylic acids is 1. The number of aliphatic hydroxyl groups is 1. The fourth-order valence-electron chi connectivity index (χ4n) is 3.43. The minimum Gasteiger partial charge on any atom is -0.497 e. The van der Waals surface area contributed by atoms with Crippen LogP contribution in [0.4, 0.5) is 4.39 Å². The van der Waals surface area contributed by atoms with Gasteiger partial charge in [0.05, 0.1) is 24.3 Å². The maximum absolute atomic E-state index is 13.1. The summed E-state index contributed by atoms with van der Waals surface area (Å²) in [5.41, 5.74) is 1.58. The normalized spacial score (nSPS) is 24.7. The Morgan fingerprint density at radius 1 is 1.39 bits per heavy atom. The lowest BCUT2D eigenvalue weighted by Gasteiger charge is -2.28. The third-order valence-corrected chi connectivity index (χ3v) is 4.56. The predicted molar refractivity (Wildman–Crippen MR) is 84.0 cm³/mol. The lowest BCUT2D eigenvalue weighted by molar-refractivity contribution is -0.129. The number of likely N-dealkylation sites (tertiary alicyclic amines) is 1. The number of aliphatic hydroxyl groups excluding tert-OH is 1. The van der Waals surface area contributed by atoms with E-state index in [1.54, 1.807) is 17.0 Å². The van der Waals surface area contributed by atoms with Gasteiger partial charge < -0.3 is 14.7 Å². The van der Waals surface area contributed by atoms with Crippen molar-refractivity contribution in [3.8, 4) is 0 Å². The summed E-state index contributed by atoms with van der Waals surface area (Å²) in [6.07, 6.45) is 2.17. The van der Waals surface area contributed by atoms with Crippen molar-refractivity contribution in [2.24, 2.45) is 0 Å². The zero-order valence-electron chi connectivity index (χ0n) is 13.3. The summed E-state index contributed by atoms with van der Waals surface area (Å²) in [5, 5.41) is 10.0. The average molecular weight is 319 g/mol. The smallest absolute Gasteiger partial charge is 0.253 e. The zero-order chi connectivity index (χ0) is 16.4. The lowest BCUT2D eigenvalue weighted by atomic mass is 10.0. The van der Waals surface area contributed by atoms with Crippen LogP contribution in [-0.2, 0) is 9.53 Å². The van der Waals surface area contributed by atoms with Crippen LogP contribution in [0.25, 0.3) is 0 Å². The number of allylic oxidation sites excluding steroid dienone is 1. The molecule has 1 fully saturated rings. The second-order valence-electron chi connectivity index (χ2n) is 6.12.